The van der Waals surface area contributed by atoms with E-state index in [1.54, 1.807) is 0 Å². The summed E-state index contributed by atoms with van der Waals surface area (Å²) >= 11 is 0. The molecule has 0 heterocycles. The number of hydrogen-bond donors (Lipinski definition) is 2. The zero-order valence-electron chi connectivity index (χ0n) is 12.8. The lowest BCUT2D eigenvalue weighted by molar-refractivity contribution is 0.318. The maximum Gasteiger partial charge on any atom is 0.170 e. The highest BCUT2D eigenvalue weighted by molar-refractivity contribution is 5.97. The van der Waals surface area contributed by atoms with E-state index in [1.165, 1.54) is 25.7 Å². The van der Waals surface area contributed by atoms with Crippen molar-refractivity contribution in [1.82, 2.24) is 0 Å². The molecule has 0 aliphatic heterocycles. The molecule has 0 aromatic heterocycles. The number of oxime groups is 1. The normalized spacial score (nSPS) is 13.2. The molecule has 0 aliphatic rings. The van der Waals surface area contributed by atoms with Crippen LogP contribution < -0.4 is 10.6 Å². The Morgan fingerprint density at radius 1 is 1.30 bits per heavy atom. The first-order valence-corrected chi connectivity index (χ1v) is 7.41. The Morgan fingerprint density at radius 3 is 2.45 bits per heavy atom. The Balaban J connectivity index is 2.64. The fraction of sp³-hybridized carbons (Fsp3) is 0.562. The van der Waals surface area contributed by atoms with Gasteiger partial charge in [-0.2, -0.15) is 0 Å². The Hall–Kier alpha value is -1.71. The topological polar surface area (TPSA) is 61.8 Å². The highest BCUT2D eigenvalue weighted by Crippen LogP contribution is 2.19. The second kappa shape index (κ2) is 8.46. The lowest BCUT2D eigenvalue weighted by atomic mass is 9.98. The molecule has 0 saturated carbocycles. The predicted octanol–water partition coefficient (Wildman–Crippen LogP) is 3.43. The standard InChI is InChI=1S/C16H27N3O/c1-4-6-7-13(5-2)12-19(3)15-10-8-14(9-11-15)16(17)18-20/h8-11,13,20H,4-7,12H2,1-3H3,(H2,17,18). The van der Waals surface area contributed by atoms with Gasteiger partial charge in [-0.15, -0.1) is 0 Å². The van der Waals surface area contributed by atoms with Crippen LogP contribution in [0.1, 0.15) is 45.1 Å². The Labute approximate surface area is 122 Å². The number of anilines is 1. The van der Waals surface area contributed by atoms with E-state index >= 15 is 0 Å². The second-order valence-corrected chi connectivity index (χ2v) is 5.33. The Morgan fingerprint density at radius 2 is 1.95 bits per heavy atom. The first-order valence-electron chi connectivity index (χ1n) is 7.41. The molecule has 4 heteroatoms. The van der Waals surface area contributed by atoms with Crippen LogP contribution in [-0.4, -0.2) is 24.6 Å². The second-order valence-electron chi connectivity index (χ2n) is 5.33. The van der Waals surface area contributed by atoms with Gasteiger partial charge in [0.25, 0.3) is 0 Å². The van der Waals surface area contributed by atoms with Gasteiger partial charge in [-0.1, -0.05) is 38.3 Å². The van der Waals surface area contributed by atoms with Crippen LogP contribution >= 0.6 is 0 Å². The number of unbranched alkanes of at least 4 members (excludes halogenated alkanes) is 1. The van der Waals surface area contributed by atoms with Crippen molar-refractivity contribution in [2.75, 3.05) is 18.5 Å². The lowest BCUT2D eigenvalue weighted by Crippen LogP contribution is -2.25. The quantitative estimate of drug-likeness (QED) is 0.331. The summed E-state index contributed by atoms with van der Waals surface area (Å²) in [4.78, 5) is 2.28. The van der Waals surface area contributed by atoms with Gasteiger partial charge in [0.05, 0.1) is 0 Å². The first-order chi connectivity index (χ1) is 9.62. The molecule has 0 aliphatic carbocycles. The van der Waals surface area contributed by atoms with Gasteiger partial charge >= 0.3 is 0 Å². The third-order valence-electron chi connectivity index (χ3n) is 3.79. The third kappa shape index (κ3) is 4.76. The molecule has 1 rings (SSSR count). The average Bonchev–Trinajstić information content (AvgIpc) is 2.50. The van der Waals surface area contributed by atoms with Crippen molar-refractivity contribution in [2.45, 2.75) is 39.5 Å². The number of nitrogens with two attached hydrogens (primary N) is 1. The maximum atomic E-state index is 8.65. The summed E-state index contributed by atoms with van der Waals surface area (Å²) in [6.45, 7) is 5.57. The molecule has 20 heavy (non-hydrogen) atoms. The predicted molar refractivity (Wildman–Crippen MR) is 85.5 cm³/mol. The van der Waals surface area contributed by atoms with Crippen LogP contribution in [0.4, 0.5) is 5.69 Å². The summed E-state index contributed by atoms with van der Waals surface area (Å²) in [5.41, 5.74) is 7.46. The van der Waals surface area contributed by atoms with Gasteiger partial charge in [0.1, 0.15) is 0 Å². The van der Waals surface area contributed by atoms with E-state index in [0.717, 1.165) is 23.7 Å². The van der Waals surface area contributed by atoms with Crippen molar-refractivity contribution < 1.29 is 5.21 Å². The van der Waals surface area contributed by atoms with Crippen molar-refractivity contribution in [3.05, 3.63) is 29.8 Å². The molecule has 1 aromatic rings. The van der Waals surface area contributed by atoms with Gasteiger partial charge < -0.3 is 15.8 Å². The summed E-state index contributed by atoms with van der Waals surface area (Å²) in [7, 11) is 2.12. The number of amidine groups is 1. The van der Waals surface area contributed by atoms with Crippen molar-refractivity contribution in [2.24, 2.45) is 16.8 Å². The van der Waals surface area contributed by atoms with Crippen molar-refractivity contribution >= 4 is 11.5 Å². The zero-order valence-corrected chi connectivity index (χ0v) is 12.8. The monoisotopic (exact) mass is 277 g/mol. The molecule has 0 saturated heterocycles. The number of benzene rings is 1. The summed E-state index contributed by atoms with van der Waals surface area (Å²) in [6, 6.07) is 7.79. The van der Waals surface area contributed by atoms with Crippen molar-refractivity contribution in [1.29, 1.82) is 0 Å². The Bertz CT molecular complexity index is 414. The SMILES string of the molecule is CCCCC(CC)CN(C)c1ccc(C(N)=NO)cc1. The molecule has 0 amide bonds. The van der Waals surface area contributed by atoms with E-state index < -0.39 is 0 Å². The molecule has 112 valence electrons. The van der Waals surface area contributed by atoms with E-state index in [0.29, 0.717) is 0 Å². The lowest BCUT2D eigenvalue weighted by Gasteiger charge is -2.25. The molecule has 1 unspecified atom stereocenters. The largest absolute Gasteiger partial charge is 0.409 e. The molecule has 1 atom stereocenters. The maximum absolute atomic E-state index is 8.65. The van der Waals surface area contributed by atoms with Gasteiger partial charge in [0.15, 0.2) is 5.84 Å². The van der Waals surface area contributed by atoms with Crippen LogP contribution in [0.3, 0.4) is 0 Å². The van der Waals surface area contributed by atoms with Crippen LogP contribution in [-0.2, 0) is 0 Å². The van der Waals surface area contributed by atoms with Gasteiger partial charge in [-0.3, -0.25) is 0 Å². The summed E-state index contributed by atoms with van der Waals surface area (Å²) in [6.07, 6.45) is 5.07. The molecule has 0 bridgehead atoms. The fourth-order valence-electron chi connectivity index (χ4n) is 2.35. The van der Waals surface area contributed by atoms with E-state index in [1.807, 2.05) is 24.3 Å². The first kappa shape index (κ1) is 16.3. The number of nitrogens with zero attached hydrogens (tertiary/aromatic N) is 2. The summed E-state index contributed by atoms with van der Waals surface area (Å²) < 4.78 is 0. The fourth-order valence-corrected chi connectivity index (χ4v) is 2.35. The zero-order chi connectivity index (χ0) is 15.0. The molecule has 0 fully saturated rings. The highest BCUT2D eigenvalue weighted by Gasteiger charge is 2.10. The van der Waals surface area contributed by atoms with Gasteiger partial charge in [-0.25, -0.2) is 0 Å². The minimum atomic E-state index is 0.147. The molecule has 1 aromatic carbocycles. The van der Waals surface area contributed by atoms with E-state index in [-0.39, 0.29) is 5.84 Å². The van der Waals surface area contributed by atoms with Gasteiger partial charge in [-0.05, 0) is 36.6 Å². The third-order valence-corrected chi connectivity index (χ3v) is 3.79. The minimum Gasteiger partial charge on any atom is -0.409 e. The summed E-state index contributed by atoms with van der Waals surface area (Å²) in [5.74, 6) is 0.886. The molecule has 3 N–H and O–H groups in total. The minimum absolute atomic E-state index is 0.147. The van der Waals surface area contributed by atoms with E-state index in [2.05, 4.69) is 31.0 Å². The molecular formula is C16H27N3O. The molecule has 4 nitrogen and oxygen atoms in total. The molecular weight excluding hydrogens is 250 g/mol. The van der Waals surface area contributed by atoms with Crippen molar-refractivity contribution in [3.63, 3.8) is 0 Å². The van der Waals surface area contributed by atoms with Gasteiger partial charge in [0.2, 0.25) is 0 Å². The van der Waals surface area contributed by atoms with Crippen LogP contribution in [0.25, 0.3) is 0 Å². The van der Waals surface area contributed by atoms with E-state index in [4.69, 9.17) is 10.9 Å². The van der Waals surface area contributed by atoms with Crippen LogP contribution in [0.2, 0.25) is 0 Å². The number of rotatable bonds is 8. The van der Waals surface area contributed by atoms with Crippen LogP contribution in [0.15, 0.2) is 29.4 Å². The van der Waals surface area contributed by atoms with E-state index in [9.17, 15) is 0 Å². The average molecular weight is 277 g/mol. The van der Waals surface area contributed by atoms with Gasteiger partial charge in [0, 0.05) is 24.8 Å². The smallest absolute Gasteiger partial charge is 0.170 e. The molecule has 0 spiro atoms. The molecule has 0 radical (unpaired) electrons. The van der Waals surface area contributed by atoms with Crippen LogP contribution in [0, 0.1) is 5.92 Å². The number of hydrogen-bond acceptors (Lipinski definition) is 3. The van der Waals surface area contributed by atoms with Crippen LogP contribution in [0.5, 0.6) is 0 Å². The van der Waals surface area contributed by atoms with Crippen molar-refractivity contribution in [3.8, 4) is 0 Å². The summed E-state index contributed by atoms with van der Waals surface area (Å²) in [5, 5.41) is 11.7. The highest BCUT2D eigenvalue weighted by atomic mass is 16.4. The Kier molecular flexibility index (Phi) is 6.91.